The van der Waals surface area contributed by atoms with Gasteiger partial charge in [0.25, 0.3) is 5.91 Å². The molecule has 0 atom stereocenters. The second kappa shape index (κ2) is 9.98. The Kier molecular flexibility index (Phi) is 6.89. The van der Waals surface area contributed by atoms with Crippen LogP contribution in [0.15, 0.2) is 71.3 Å². The minimum absolute atomic E-state index is 0.0535. The summed E-state index contributed by atoms with van der Waals surface area (Å²) in [6.45, 7) is 2.76. The number of hydrogen-bond donors (Lipinski definition) is 3. The van der Waals surface area contributed by atoms with Crippen molar-refractivity contribution in [1.29, 1.82) is 0 Å². The average Bonchev–Trinajstić information content (AvgIpc) is 3.26. The molecule has 0 aliphatic heterocycles. The van der Waals surface area contributed by atoms with Crippen molar-refractivity contribution in [3.8, 4) is 5.75 Å². The van der Waals surface area contributed by atoms with E-state index in [1.165, 1.54) is 0 Å². The van der Waals surface area contributed by atoms with E-state index in [1.54, 1.807) is 54.8 Å². The van der Waals surface area contributed by atoms with Gasteiger partial charge in [-0.2, -0.15) is 0 Å². The summed E-state index contributed by atoms with van der Waals surface area (Å²) in [4.78, 5) is 24.6. The lowest BCUT2D eigenvalue weighted by molar-refractivity contribution is -0.114. The normalized spacial score (nSPS) is 10.2. The summed E-state index contributed by atoms with van der Waals surface area (Å²) in [5.74, 6) is 0.861. The number of carbonyl (C=O) groups is 2. The SMILES string of the molecule is CCOc1ccccc1NC(=O)CNc1cccc(C(=O)NCc2ccco2)c1. The van der Waals surface area contributed by atoms with Crippen molar-refractivity contribution in [3.05, 3.63) is 78.3 Å². The third-order valence-electron chi connectivity index (χ3n) is 4.04. The van der Waals surface area contributed by atoms with Gasteiger partial charge >= 0.3 is 0 Å². The largest absolute Gasteiger partial charge is 0.492 e. The quantitative estimate of drug-likeness (QED) is 0.516. The van der Waals surface area contributed by atoms with Gasteiger partial charge < -0.3 is 25.1 Å². The van der Waals surface area contributed by atoms with E-state index in [2.05, 4.69) is 16.0 Å². The summed E-state index contributed by atoms with van der Waals surface area (Å²) in [5.41, 5.74) is 1.78. The summed E-state index contributed by atoms with van der Waals surface area (Å²) < 4.78 is 10.7. The Morgan fingerprint density at radius 1 is 1.03 bits per heavy atom. The van der Waals surface area contributed by atoms with Crippen LogP contribution < -0.4 is 20.7 Å². The van der Waals surface area contributed by atoms with Crippen molar-refractivity contribution in [3.63, 3.8) is 0 Å². The molecule has 0 aliphatic rings. The zero-order valence-electron chi connectivity index (χ0n) is 16.1. The second-order valence-corrected chi connectivity index (χ2v) is 6.17. The number of furan rings is 1. The Morgan fingerprint density at radius 2 is 1.90 bits per heavy atom. The van der Waals surface area contributed by atoms with E-state index in [1.807, 2.05) is 19.1 Å². The van der Waals surface area contributed by atoms with Crippen LogP contribution >= 0.6 is 0 Å². The molecule has 0 saturated carbocycles. The number of hydrogen-bond acceptors (Lipinski definition) is 5. The molecule has 1 aromatic heterocycles. The lowest BCUT2D eigenvalue weighted by Gasteiger charge is -2.12. The highest BCUT2D eigenvalue weighted by molar-refractivity contribution is 5.96. The molecule has 0 spiro atoms. The van der Waals surface area contributed by atoms with Crippen molar-refractivity contribution in [2.24, 2.45) is 0 Å². The molecule has 0 aliphatic carbocycles. The smallest absolute Gasteiger partial charge is 0.251 e. The van der Waals surface area contributed by atoms with Crippen LogP contribution in [0.1, 0.15) is 23.0 Å². The van der Waals surface area contributed by atoms with E-state index in [4.69, 9.17) is 9.15 Å². The predicted molar refractivity (Wildman–Crippen MR) is 111 cm³/mol. The molecule has 7 heteroatoms. The molecule has 2 amide bonds. The third kappa shape index (κ3) is 5.87. The first-order valence-electron chi connectivity index (χ1n) is 9.32. The molecule has 0 bridgehead atoms. The van der Waals surface area contributed by atoms with Gasteiger partial charge in [-0.1, -0.05) is 18.2 Å². The van der Waals surface area contributed by atoms with E-state index in [-0.39, 0.29) is 18.4 Å². The Labute approximate surface area is 169 Å². The molecule has 0 radical (unpaired) electrons. The maximum Gasteiger partial charge on any atom is 0.251 e. The Balaban J connectivity index is 1.53. The third-order valence-corrected chi connectivity index (χ3v) is 4.04. The van der Waals surface area contributed by atoms with E-state index in [9.17, 15) is 9.59 Å². The lowest BCUT2D eigenvalue weighted by Crippen LogP contribution is -2.24. The lowest BCUT2D eigenvalue weighted by atomic mass is 10.2. The van der Waals surface area contributed by atoms with Crippen LogP contribution in [-0.2, 0) is 11.3 Å². The van der Waals surface area contributed by atoms with Gasteiger partial charge in [0, 0.05) is 11.3 Å². The summed E-state index contributed by atoms with van der Waals surface area (Å²) in [7, 11) is 0. The zero-order valence-corrected chi connectivity index (χ0v) is 16.1. The molecule has 0 unspecified atom stereocenters. The standard InChI is InChI=1S/C22H23N3O4/c1-2-28-20-11-4-3-10-19(20)25-21(26)15-23-17-8-5-7-16(13-17)22(27)24-14-18-9-6-12-29-18/h3-13,23H,2,14-15H2,1H3,(H,24,27)(H,25,26). The molecule has 150 valence electrons. The highest BCUT2D eigenvalue weighted by Gasteiger charge is 2.09. The van der Waals surface area contributed by atoms with Crippen molar-refractivity contribution >= 4 is 23.2 Å². The first-order chi connectivity index (χ1) is 14.2. The van der Waals surface area contributed by atoms with Gasteiger partial charge in [-0.3, -0.25) is 9.59 Å². The van der Waals surface area contributed by atoms with E-state index < -0.39 is 0 Å². The molecule has 3 N–H and O–H groups in total. The minimum atomic E-state index is -0.222. The van der Waals surface area contributed by atoms with Crippen LogP contribution in [0.2, 0.25) is 0 Å². The molecular weight excluding hydrogens is 370 g/mol. The average molecular weight is 393 g/mol. The molecule has 3 aromatic rings. The Hall–Kier alpha value is -3.74. The van der Waals surface area contributed by atoms with Crippen LogP contribution in [0.3, 0.4) is 0 Å². The van der Waals surface area contributed by atoms with Gasteiger partial charge in [-0.15, -0.1) is 0 Å². The van der Waals surface area contributed by atoms with Gasteiger partial charge in [0.15, 0.2) is 0 Å². The molecule has 29 heavy (non-hydrogen) atoms. The zero-order chi connectivity index (χ0) is 20.5. The van der Waals surface area contributed by atoms with Gasteiger partial charge in [0.2, 0.25) is 5.91 Å². The van der Waals surface area contributed by atoms with Crippen LogP contribution in [0.5, 0.6) is 5.75 Å². The minimum Gasteiger partial charge on any atom is -0.492 e. The topological polar surface area (TPSA) is 92.6 Å². The Morgan fingerprint density at radius 3 is 2.69 bits per heavy atom. The summed E-state index contributed by atoms with van der Waals surface area (Å²) in [5, 5.41) is 8.64. The fourth-order valence-electron chi connectivity index (χ4n) is 2.68. The number of anilines is 2. The van der Waals surface area contributed by atoms with Crippen molar-refractivity contribution in [2.45, 2.75) is 13.5 Å². The molecule has 0 saturated heterocycles. The van der Waals surface area contributed by atoms with E-state index >= 15 is 0 Å². The highest BCUT2D eigenvalue weighted by atomic mass is 16.5. The summed E-state index contributed by atoms with van der Waals surface area (Å²) in [6, 6.07) is 17.8. The van der Waals surface area contributed by atoms with Crippen molar-refractivity contribution in [1.82, 2.24) is 5.32 Å². The summed E-state index contributed by atoms with van der Waals surface area (Å²) in [6.07, 6.45) is 1.56. The van der Waals surface area contributed by atoms with Crippen LogP contribution in [0, 0.1) is 0 Å². The molecular formula is C22H23N3O4. The van der Waals surface area contributed by atoms with Crippen LogP contribution in [-0.4, -0.2) is 25.0 Å². The number of benzene rings is 2. The number of para-hydroxylation sites is 2. The number of carbonyl (C=O) groups excluding carboxylic acids is 2. The van der Waals surface area contributed by atoms with Crippen LogP contribution in [0.4, 0.5) is 11.4 Å². The van der Waals surface area contributed by atoms with E-state index in [0.29, 0.717) is 41.6 Å². The first-order valence-corrected chi connectivity index (χ1v) is 9.32. The van der Waals surface area contributed by atoms with Gasteiger partial charge in [0.05, 0.1) is 31.6 Å². The van der Waals surface area contributed by atoms with Crippen LogP contribution in [0.25, 0.3) is 0 Å². The maximum absolute atomic E-state index is 12.3. The molecule has 0 fully saturated rings. The number of rotatable bonds is 9. The highest BCUT2D eigenvalue weighted by Crippen LogP contribution is 2.23. The molecule has 1 heterocycles. The molecule has 2 aromatic carbocycles. The molecule has 3 rings (SSSR count). The number of amides is 2. The fourth-order valence-corrected chi connectivity index (χ4v) is 2.68. The summed E-state index contributed by atoms with van der Waals surface area (Å²) >= 11 is 0. The molecule has 7 nitrogen and oxygen atoms in total. The number of ether oxygens (including phenoxy) is 1. The van der Waals surface area contributed by atoms with Crippen molar-refractivity contribution in [2.75, 3.05) is 23.8 Å². The maximum atomic E-state index is 12.3. The van der Waals surface area contributed by atoms with Gasteiger partial charge in [-0.25, -0.2) is 0 Å². The number of nitrogens with one attached hydrogen (secondary N) is 3. The monoisotopic (exact) mass is 393 g/mol. The van der Waals surface area contributed by atoms with Crippen molar-refractivity contribution < 1.29 is 18.7 Å². The van der Waals surface area contributed by atoms with Gasteiger partial charge in [0.1, 0.15) is 11.5 Å². The first kappa shape index (κ1) is 20.0. The van der Waals surface area contributed by atoms with E-state index in [0.717, 1.165) is 0 Å². The predicted octanol–water partition coefficient (Wildman–Crippen LogP) is 3.66. The van der Waals surface area contributed by atoms with Gasteiger partial charge in [-0.05, 0) is 49.4 Å². The Bertz CT molecular complexity index is 954. The fraction of sp³-hybridized carbons (Fsp3) is 0.182. The second-order valence-electron chi connectivity index (χ2n) is 6.17.